The topological polar surface area (TPSA) is 0 Å². The van der Waals surface area contributed by atoms with Crippen molar-refractivity contribution in [2.45, 2.75) is 182 Å². The van der Waals surface area contributed by atoms with Crippen molar-refractivity contribution in [2.75, 3.05) is 0 Å². The Bertz CT molecular complexity index is 2150. The van der Waals surface area contributed by atoms with Crippen LogP contribution in [0.4, 0.5) is 0 Å². The van der Waals surface area contributed by atoms with Gasteiger partial charge >= 0.3 is 30.2 Å². The fraction of sp³-hybridized carbons (Fsp3) is 0.484. The van der Waals surface area contributed by atoms with Crippen LogP contribution in [0.5, 0.6) is 0 Å². The van der Waals surface area contributed by atoms with E-state index in [2.05, 4.69) is 171 Å². The molecule has 0 atom stereocenters. The van der Waals surface area contributed by atoms with Crippen LogP contribution in [0.15, 0.2) is 109 Å². The second-order valence-electron chi connectivity index (χ2n) is 21.5. The molecule has 0 unspecified atom stereocenters. The van der Waals surface area contributed by atoms with E-state index >= 15 is 0 Å². The maximum atomic E-state index is 3.06. The third-order valence-electron chi connectivity index (χ3n) is 15.2. The minimum atomic E-state index is 0. The van der Waals surface area contributed by atoms with Crippen molar-refractivity contribution < 1.29 is 23.3 Å². The van der Waals surface area contributed by atoms with Gasteiger partial charge in [0.25, 0.3) is 0 Å². The predicted molar refractivity (Wildman–Crippen MR) is 298 cm³/mol. The predicted octanol–water partition coefficient (Wildman–Crippen LogP) is 19.8. The van der Waals surface area contributed by atoms with Crippen LogP contribution in [0.3, 0.4) is 0 Å². The zero-order valence-electron chi connectivity index (χ0n) is 42.9. The molecule has 2 radical (unpaired) electrons. The Balaban J connectivity index is 0.000000413. The van der Waals surface area contributed by atoms with Gasteiger partial charge in [-0.2, -0.15) is 12.1 Å². The van der Waals surface area contributed by atoms with E-state index in [0.29, 0.717) is 10.8 Å². The van der Waals surface area contributed by atoms with E-state index in [9.17, 15) is 0 Å². The van der Waals surface area contributed by atoms with Gasteiger partial charge < -0.3 is 14.9 Å². The van der Waals surface area contributed by atoms with E-state index in [0.717, 1.165) is 0 Å². The molecule has 0 nitrogen and oxygen atoms in total. The SMILES string of the molecule is CCC1(Cc2cc3c(-c4ccccc4C(C)(C)C)cccc3[cH-]2)CCCCCCC1.CCC1(Cc2cc3c(-c4ccccc4C(C)(C)C)cccc3[cH-]2)CCCCCCC1.Cl.Cl.[CH3-].[CH3-].[Si]=[Zr]. The van der Waals surface area contributed by atoms with Gasteiger partial charge in [-0.15, -0.1) is 93.9 Å². The van der Waals surface area contributed by atoms with Gasteiger partial charge in [0.1, 0.15) is 0 Å². The summed E-state index contributed by atoms with van der Waals surface area (Å²) >= 11 is 1.36. The summed E-state index contributed by atoms with van der Waals surface area (Å²) in [5, 5.41) is 5.68. The summed E-state index contributed by atoms with van der Waals surface area (Å²) < 4.78 is 0. The molecule has 66 heavy (non-hydrogen) atoms. The molecule has 6 aromatic rings. The summed E-state index contributed by atoms with van der Waals surface area (Å²) in [5.74, 6) is 0. The van der Waals surface area contributed by atoms with Crippen LogP contribution in [0.25, 0.3) is 43.8 Å². The quantitative estimate of drug-likeness (QED) is 0.105. The molecule has 2 saturated carbocycles. The maximum absolute atomic E-state index is 3.06. The summed E-state index contributed by atoms with van der Waals surface area (Å²) in [6.07, 6.45) is 25.0. The Morgan fingerprint density at radius 3 is 1.08 bits per heavy atom. The summed E-state index contributed by atoms with van der Waals surface area (Å²) in [5.41, 5.74) is 12.8. The molecule has 2 fully saturated rings. The molecule has 0 amide bonds. The first-order valence-electron chi connectivity index (χ1n) is 24.7. The molecule has 0 aliphatic heterocycles. The second-order valence-corrected chi connectivity index (χ2v) is 21.5. The molecule has 2 aliphatic carbocycles. The van der Waals surface area contributed by atoms with Crippen molar-refractivity contribution >= 4 is 53.2 Å². The number of hydrogen-bond acceptors (Lipinski definition) is 0. The van der Waals surface area contributed by atoms with Gasteiger partial charge in [0.15, 0.2) is 0 Å². The molecular formula is C62H86Cl2SiZr-4. The zero-order chi connectivity index (χ0) is 44.4. The molecule has 0 aromatic heterocycles. The van der Waals surface area contributed by atoms with Crippen molar-refractivity contribution in [3.63, 3.8) is 0 Å². The van der Waals surface area contributed by atoms with Crippen LogP contribution in [0, 0.1) is 25.7 Å². The summed E-state index contributed by atoms with van der Waals surface area (Å²) in [4.78, 5) is 0. The average Bonchev–Trinajstić information content (AvgIpc) is 3.86. The van der Waals surface area contributed by atoms with Crippen molar-refractivity contribution in [3.8, 4) is 22.3 Å². The average molecular weight is 1020 g/mol. The Morgan fingerprint density at radius 2 is 0.758 bits per heavy atom. The molecule has 6 aromatic carbocycles. The van der Waals surface area contributed by atoms with Crippen LogP contribution in [-0.4, -0.2) is 6.88 Å². The molecule has 0 spiro atoms. The molecule has 0 saturated heterocycles. The van der Waals surface area contributed by atoms with Crippen LogP contribution in [0.1, 0.15) is 180 Å². The zero-order valence-corrected chi connectivity index (χ0v) is 48.0. The third-order valence-corrected chi connectivity index (χ3v) is 15.2. The van der Waals surface area contributed by atoms with Gasteiger partial charge in [-0.05, 0) is 82.4 Å². The molecule has 8 rings (SSSR count). The van der Waals surface area contributed by atoms with Crippen LogP contribution in [-0.2, 0) is 47.0 Å². The summed E-state index contributed by atoms with van der Waals surface area (Å²) in [6.45, 7) is 21.8. The molecule has 0 heterocycles. The van der Waals surface area contributed by atoms with E-state index in [1.165, 1.54) is 194 Å². The standard InChI is InChI=1S/2C30H39.2CH3.2ClH.Si.Zr/c2*1-5-30(18-11-7-6-8-12-19-30)22-23-20-24-14-13-16-25(27(24)21-23)26-15-9-10-17-28(26)29(2,3)4;;;;;;/h2*9-10,13-17,20-21H,5-8,11-12,18-19,22H2,1-4H3;2*1H3;2*1H;;/q4*-1;;;;. The van der Waals surface area contributed by atoms with Crippen LogP contribution >= 0.6 is 24.8 Å². The minimum absolute atomic E-state index is 0. The Hall–Kier alpha value is -2.22. The van der Waals surface area contributed by atoms with Gasteiger partial charge in [-0.1, -0.05) is 204 Å². The summed E-state index contributed by atoms with van der Waals surface area (Å²) in [7, 11) is 0. The summed E-state index contributed by atoms with van der Waals surface area (Å²) in [6, 6.07) is 41.7. The number of hydrogen-bond donors (Lipinski definition) is 0. The van der Waals surface area contributed by atoms with Gasteiger partial charge in [-0.25, -0.2) is 0 Å². The van der Waals surface area contributed by atoms with E-state index < -0.39 is 0 Å². The van der Waals surface area contributed by atoms with Crippen molar-refractivity contribution in [1.29, 1.82) is 0 Å². The van der Waals surface area contributed by atoms with Gasteiger partial charge in [0.2, 0.25) is 0 Å². The number of fused-ring (bicyclic) bond motifs is 2. The number of halogens is 2. The molecule has 360 valence electrons. The monoisotopic (exact) mass is 1020 g/mol. The third kappa shape index (κ3) is 14.9. The Labute approximate surface area is 434 Å². The van der Waals surface area contributed by atoms with Crippen molar-refractivity contribution in [2.24, 2.45) is 10.8 Å². The second kappa shape index (κ2) is 27.2. The Morgan fingerprint density at radius 1 is 0.455 bits per heavy atom. The fourth-order valence-corrected chi connectivity index (χ4v) is 11.5. The number of benzene rings is 4. The molecular weight excluding hydrogens is 935 g/mol. The van der Waals surface area contributed by atoms with Gasteiger partial charge in [0.05, 0.1) is 0 Å². The van der Waals surface area contributed by atoms with Crippen LogP contribution < -0.4 is 0 Å². The van der Waals surface area contributed by atoms with E-state index in [1.807, 2.05) is 0 Å². The molecule has 2 aliphatic rings. The fourth-order valence-electron chi connectivity index (χ4n) is 11.5. The van der Waals surface area contributed by atoms with E-state index in [1.54, 1.807) is 11.1 Å². The number of rotatable bonds is 8. The molecule has 0 N–H and O–H groups in total. The molecule has 4 heteroatoms. The normalized spacial score (nSPS) is 16.0. The molecule has 0 bridgehead atoms. The first kappa shape index (κ1) is 59.9. The van der Waals surface area contributed by atoms with Gasteiger partial charge in [-0.3, -0.25) is 0 Å². The van der Waals surface area contributed by atoms with E-state index in [-0.39, 0.29) is 50.5 Å². The van der Waals surface area contributed by atoms with Crippen molar-refractivity contribution in [1.82, 2.24) is 0 Å². The first-order chi connectivity index (χ1) is 29.8. The Kier molecular flexibility index (Phi) is 24.7. The van der Waals surface area contributed by atoms with Gasteiger partial charge in [0, 0.05) is 0 Å². The first-order valence-corrected chi connectivity index (χ1v) is 28.8. The van der Waals surface area contributed by atoms with Crippen LogP contribution in [0.2, 0.25) is 0 Å². The van der Waals surface area contributed by atoms with Crippen molar-refractivity contribution in [3.05, 3.63) is 146 Å². The van der Waals surface area contributed by atoms with E-state index in [4.69, 9.17) is 0 Å².